The van der Waals surface area contributed by atoms with Gasteiger partial charge in [0.2, 0.25) is 5.91 Å². The smallest absolute Gasteiger partial charge is 0.261 e. The number of benzene rings is 2. The standard InChI is InChI=1S/C24H27N3O3/c1-17-4-3-5-19(12-17)13-23(28)26-10-8-18(9-11-26)15-27-16-25-22-14-20(30-2)6-7-21(22)24(27)29/h3-7,12,14,16,18H,8-11,13,15H2,1-2H3. The number of hydrogen-bond acceptors (Lipinski definition) is 4. The number of rotatable bonds is 5. The number of hydrogen-bond donors (Lipinski definition) is 0. The normalized spacial score (nSPS) is 14.8. The molecule has 6 nitrogen and oxygen atoms in total. The molecule has 2 aromatic carbocycles. The van der Waals surface area contributed by atoms with Crippen molar-refractivity contribution >= 4 is 16.8 Å². The fraction of sp³-hybridized carbons (Fsp3) is 0.375. The maximum atomic E-state index is 12.8. The number of carbonyl (C=O) groups excluding carboxylic acids is 1. The Kier molecular flexibility index (Phi) is 5.84. The number of aryl methyl sites for hydroxylation is 1. The van der Waals surface area contributed by atoms with Crippen LogP contribution < -0.4 is 10.3 Å². The van der Waals surface area contributed by atoms with E-state index >= 15 is 0 Å². The minimum atomic E-state index is -0.0272. The van der Waals surface area contributed by atoms with Crippen LogP contribution in [0.3, 0.4) is 0 Å². The van der Waals surface area contributed by atoms with Crippen LogP contribution in [0.5, 0.6) is 5.75 Å². The number of nitrogens with zero attached hydrogens (tertiary/aromatic N) is 3. The number of aromatic nitrogens is 2. The number of methoxy groups -OCH3 is 1. The van der Waals surface area contributed by atoms with Gasteiger partial charge in [-0.15, -0.1) is 0 Å². The molecule has 3 aromatic rings. The van der Waals surface area contributed by atoms with Gasteiger partial charge in [-0.3, -0.25) is 14.2 Å². The molecular formula is C24H27N3O3. The second-order valence-corrected chi connectivity index (χ2v) is 8.08. The predicted molar refractivity (Wildman–Crippen MR) is 117 cm³/mol. The molecule has 156 valence electrons. The summed E-state index contributed by atoms with van der Waals surface area (Å²) in [5.74, 6) is 1.23. The molecule has 30 heavy (non-hydrogen) atoms. The van der Waals surface area contributed by atoms with Crippen LogP contribution in [0.15, 0.2) is 53.6 Å². The molecule has 1 saturated heterocycles. The van der Waals surface area contributed by atoms with Crippen LogP contribution in [0.1, 0.15) is 24.0 Å². The maximum absolute atomic E-state index is 12.8. The first-order valence-corrected chi connectivity index (χ1v) is 10.4. The van der Waals surface area contributed by atoms with Gasteiger partial charge in [-0.25, -0.2) is 4.98 Å². The Morgan fingerprint density at radius 1 is 1.17 bits per heavy atom. The van der Waals surface area contributed by atoms with Crippen LogP contribution in [-0.4, -0.2) is 40.6 Å². The molecule has 1 amide bonds. The molecule has 0 bridgehead atoms. The number of amides is 1. The molecular weight excluding hydrogens is 378 g/mol. The van der Waals surface area contributed by atoms with Crippen molar-refractivity contribution in [2.24, 2.45) is 5.92 Å². The van der Waals surface area contributed by atoms with E-state index in [1.54, 1.807) is 36.2 Å². The van der Waals surface area contributed by atoms with Crippen LogP contribution in [0.4, 0.5) is 0 Å². The molecule has 6 heteroatoms. The van der Waals surface area contributed by atoms with Gasteiger partial charge in [-0.1, -0.05) is 29.8 Å². The fourth-order valence-electron chi connectivity index (χ4n) is 4.15. The van der Waals surface area contributed by atoms with Crippen LogP contribution in [0.25, 0.3) is 10.9 Å². The van der Waals surface area contributed by atoms with Crippen molar-refractivity contribution in [2.45, 2.75) is 32.7 Å². The Morgan fingerprint density at radius 3 is 2.70 bits per heavy atom. The lowest BCUT2D eigenvalue weighted by molar-refractivity contribution is -0.131. The second kappa shape index (κ2) is 8.69. The summed E-state index contributed by atoms with van der Waals surface area (Å²) in [5, 5.41) is 0.601. The highest BCUT2D eigenvalue weighted by molar-refractivity contribution is 5.79. The molecule has 0 unspecified atom stereocenters. The zero-order valence-corrected chi connectivity index (χ0v) is 17.5. The molecule has 0 radical (unpaired) electrons. The number of fused-ring (bicyclic) bond motifs is 1. The highest BCUT2D eigenvalue weighted by Crippen LogP contribution is 2.21. The predicted octanol–water partition coefficient (Wildman–Crippen LogP) is 3.19. The first-order chi connectivity index (χ1) is 14.5. The van der Waals surface area contributed by atoms with Crippen LogP contribution in [0.2, 0.25) is 0 Å². The summed E-state index contributed by atoms with van der Waals surface area (Å²) in [7, 11) is 1.60. The molecule has 0 aliphatic carbocycles. The second-order valence-electron chi connectivity index (χ2n) is 8.08. The Hall–Kier alpha value is -3.15. The third kappa shape index (κ3) is 4.37. The lowest BCUT2D eigenvalue weighted by atomic mass is 9.96. The van der Waals surface area contributed by atoms with Gasteiger partial charge >= 0.3 is 0 Å². The van der Waals surface area contributed by atoms with E-state index in [4.69, 9.17) is 4.74 Å². The molecule has 1 aromatic heterocycles. The van der Waals surface area contributed by atoms with E-state index in [1.807, 2.05) is 30.0 Å². The molecule has 0 spiro atoms. The minimum absolute atomic E-state index is 0.0272. The number of likely N-dealkylation sites (tertiary alicyclic amines) is 1. The highest BCUT2D eigenvalue weighted by Gasteiger charge is 2.23. The van der Waals surface area contributed by atoms with Crippen molar-refractivity contribution in [3.05, 3.63) is 70.3 Å². The van der Waals surface area contributed by atoms with E-state index in [0.29, 0.717) is 35.5 Å². The Bertz CT molecular complexity index is 1110. The number of piperidine rings is 1. The van der Waals surface area contributed by atoms with E-state index in [9.17, 15) is 9.59 Å². The van der Waals surface area contributed by atoms with Gasteiger partial charge in [0, 0.05) is 25.7 Å². The summed E-state index contributed by atoms with van der Waals surface area (Å²) < 4.78 is 6.90. The molecule has 1 aliphatic heterocycles. The van der Waals surface area contributed by atoms with E-state index in [0.717, 1.165) is 31.5 Å². The summed E-state index contributed by atoms with van der Waals surface area (Å²) in [5.41, 5.74) is 2.85. The SMILES string of the molecule is COc1ccc2c(=O)n(CC3CCN(C(=O)Cc4cccc(C)c4)CC3)cnc2c1. The summed E-state index contributed by atoms with van der Waals surface area (Å²) in [6.45, 7) is 4.15. The van der Waals surface area contributed by atoms with Gasteiger partial charge in [0.1, 0.15) is 5.75 Å². The van der Waals surface area contributed by atoms with Crippen molar-refractivity contribution in [1.29, 1.82) is 0 Å². The van der Waals surface area contributed by atoms with E-state index in [1.165, 1.54) is 5.56 Å². The Balaban J connectivity index is 1.37. The van der Waals surface area contributed by atoms with Crippen molar-refractivity contribution in [2.75, 3.05) is 20.2 Å². The van der Waals surface area contributed by atoms with Crippen LogP contribution >= 0.6 is 0 Å². The van der Waals surface area contributed by atoms with Gasteiger partial charge in [0.15, 0.2) is 0 Å². The van der Waals surface area contributed by atoms with Gasteiger partial charge in [-0.05, 0) is 43.4 Å². The average molecular weight is 405 g/mol. The zero-order valence-electron chi connectivity index (χ0n) is 17.5. The van der Waals surface area contributed by atoms with E-state index in [-0.39, 0.29) is 11.5 Å². The quantitative estimate of drug-likeness (QED) is 0.654. The van der Waals surface area contributed by atoms with Gasteiger partial charge < -0.3 is 9.64 Å². The minimum Gasteiger partial charge on any atom is -0.497 e. The summed E-state index contributed by atoms with van der Waals surface area (Å²) in [6.07, 6.45) is 3.86. The lowest BCUT2D eigenvalue weighted by Gasteiger charge is -2.32. The molecule has 1 fully saturated rings. The van der Waals surface area contributed by atoms with Gasteiger partial charge in [0.05, 0.1) is 30.8 Å². The first kappa shape index (κ1) is 20.1. The number of ether oxygens (including phenoxy) is 1. The average Bonchev–Trinajstić information content (AvgIpc) is 2.76. The van der Waals surface area contributed by atoms with Crippen molar-refractivity contribution < 1.29 is 9.53 Å². The molecule has 0 atom stereocenters. The molecule has 0 N–H and O–H groups in total. The molecule has 4 rings (SSSR count). The molecule has 0 saturated carbocycles. The van der Waals surface area contributed by atoms with Crippen molar-refractivity contribution in [3.63, 3.8) is 0 Å². The fourth-order valence-corrected chi connectivity index (χ4v) is 4.15. The molecule has 2 heterocycles. The van der Waals surface area contributed by atoms with E-state index < -0.39 is 0 Å². The van der Waals surface area contributed by atoms with E-state index in [2.05, 4.69) is 11.1 Å². The first-order valence-electron chi connectivity index (χ1n) is 10.4. The highest BCUT2D eigenvalue weighted by atomic mass is 16.5. The molecule has 1 aliphatic rings. The van der Waals surface area contributed by atoms with Crippen molar-refractivity contribution in [1.82, 2.24) is 14.5 Å². The monoisotopic (exact) mass is 405 g/mol. The third-order valence-corrected chi connectivity index (χ3v) is 5.89. The van der Waals surface area contributed by atoms with Gasteiger partial charge in [-0.2, -0.15) is 0 Å². The van der Waals surface area contributed by atoms with Crippen molar-refractivity contribution in [3.8, 4) is 5.75 Å². The lowest BCUT2D eigenvalue weighted by Crippen LogP contribution is -2.40. The number of carbonyl (C=O) groups is 1. The Morgan fingerprint density at radius 2 is 1.97 bits per heavy atom. The Labute approximate surface area is 176 Å². The topological polar surface area (TPSA) is 64.4 Å². The van der Waals surface area contributed by atoms with Gasteiger partial charge in [0.25, 0.3) is 5.56 Å². The van der Waals surface area contributed by atoms with Crippen LogP contribution in [-0.2, 0) is 17.8 Å². The largest absolute Gasteiger partial charge is 0.497 e. The summed E-state index contributed by atoms with van der Waals surface area (Å²) >= 11 is 0. The zero-order chi connectivity index (χ0) is 21.1. The third-order valence-electron chi connectivity index (χ3n) is 5.89. The summed E-state index contributed by atoms with van der Waals surface area (Å²) in [6, 6.07) is 13.4. The van der Waals surface area contributed by atoms with Crippen LogP contribution in [0, 0.1) is 12.8 Å². The summed E-state index contributed by atoms with van der Waals surface area (Å²) in [4.78, 5) is 31.9. The maximum Gasteiger partial charge on any atom is 0.261 e.